The monoisotopic (exact) mass is 278 g/mol. The standard InChI is InChI=1S/C13H14N2O5/c14-10(13(18)19)5-9-6-11(15-20-9)7-1-3-8(4-2-7)12(16)17/h1-4,9-10H,5-6,14H2,(H,16,17)(H,18,19)/t9-,10+/m1/s1. The van der Waals surface area contributed by atoms with Crippen LogP contribution >= 0.6 is 0 Å². The Morgan fingerprint density at radius 2 is 2.00 bits per heavy atom. The predicted molar refractivity (Wildman–Crippen MR) is 69.7 cm³/mol. The number of benzene rings is 1. The van der Waals surface area contributed by atoms with Gasteiger partial charge in [-0.3, -0.25) is 4.79 Å². The van der Waals surface area contributed by atoms with Crippen LogP contribution in [0.5, 0.6) is 0 Å². The van der Waals surface area contributed by atoms with Gasteiger partial charge in [0.2, 0.25) is 0 Å². The van der Waals surface area contributed by atoms with Crippen molar-refractivity contribution >= 4 is 17.7 Å². The Balaban J connectivity index is 1.98. The van der Waals surface area contributed by atoms with E-state index in [9.17, 15) is 9.59 Å². The average molecular weight is 278 g/mol. The van der Waals surface area contributed by atoms with Gasteiger partial charge in [-0.2, -0.15) is 0 Å². The lowest BCUT2D eigenvalue weighted by Crippen LogP contribution is -2.34. The van der Waals surface area contributed by atoms with Gasteiger partial charge in [-0.15, -0.1) is 0 Å². The maximum atomic E-state index is 10.7. The number of hydrogen-bond donors (Lipinski definition) is 3. The molecule has 2 rings (SSSR count). The SMILES string of the molecule is N[C@@H](C[C@@H]1CC(c2ccc(C(=O)O)cc2)=NO1)C(=O)O. The van der Waals surface area contributed by atoms with Gasteiger partial charge in [0.25, 0.3) is 0 Å². The van der Waals surface area contributed by atoms with Gasteiger partial charge in [0.15, 0.2) is 0 Å². The van der Waals surface area contributed by atoms with Gasteiger partial charge in [0.05, 0.1) is 11.3 Å². The first-order valence-electron chi connectivity index (χ1n) is 6.02. The molecule has 1 aliphatic heterocycles. The summed E-state index contributed by atoms with van der Waals surface area (Å²) in [5, 5.41) is 21.4. The minimum absolute atomic E-state index is 0.176. The zero-order valence-electron chi connectivity index (χ0n) is 10.5. The van der Waals surface area contributed by atoms with Crippen molar-refractivity contribution in [2.75, 3.05) is 0 Å². The van der Waals surface area contributed by atoms with E-state index in [2.05, 4.69) is 5.16 Å². The van der Waals surface area contributed by atoms with Crippen LogP contribution in [0, 0.1) is 0 Å². The molecule has 0 saturated heterocycles. The van der Waals surface area contributed by atoms with Crippen LogP contribution in [0.2, 0.25) is 0 Å². The molecule has 7 heteroatoms. The van der Waals surface area contributed by atoms with Crippen LogP contribution < -0.4 is 5.73 Å². The molecule has 0 spiro atoms. The zero-order chi connectivity index (χ0) is 14.7. The maximum absolute atomic E-state index is 10.7. The molecule has 7 nitrogen and oxygen atoms in total. The molecule has 4 N–H and O–H groups in total. The summed E-state index contributed by atoms with van der Waals surface area (Å²) in [5.74, 6) is -2.07. The second-order valence-corrected chi connectivity index (χ2v) is 4.53. The number of rotatable bonds is 5. The van der Waals surface area contributed by atoms with Gasteiger partial charge in [0, 0.05) is 12.8 Å². The molecule has 20 heavy (non-hydrogen) atoms. The zero-order valence-corrected chi connectivity index (χ0v) is 10.5. The average Bonchev–Trinajstić information content (AvgIpc) is 2.87. The Hall–Kier alpha value is -2.41. The summed E-state index contributed by atoms with van der Waals surface area (Å²) in [7, 11) is 0. The summed E-state index contributed by atoms with van der Waals surface area (Å²) in [6, 6.07) is 5.27. The van der Waals surface area contributed by atoms with Crippen LogP contribution in [0.4, 0.5) is 0 Å². The molecule has 0 amide bonds. The van der Waals surface area contributed by atoms with Gasteiger partial charge < -0.3 is 20.8 Å². The number of aromatic carboxylic acids is 1. The summed E-state index contributed by atoms with van der Waals surface area (Å²) >= 11 is 0. The van der Waals surface area contributed by atoms with E-state index in [0.717, 1.165) is 5.56 Å². The van der Waals surface area contributed by atoms with E-state index in [1.807, 2.05) is 0 Å². The Morgan fingerprint density at radius 1 is 1.35 bits per heavy atom. The first-order valence-corrected chi connectivity index (χ1v) is 6.02. The highest BCUT2D eigenvalue weighted by Gasteiger charge is 2.26. The number of carbonyl (C=O) groups is 2. The van der Waals surface area contributed by atoms with Crippen molar-refractivity contribution in [2.24, 2.45) is 10.9 Å². The highest BCUT2D eigenvalue weighted by atomic mass is 16.6. The van der Waals surface area contributed by atoms with Gasteiger partial charge in [0.1, 0.15) is 12.1 Å². The number of carboxylic acid groups (broad SMARTS) is 2. The van der Waals surface area contributed by atoms with Crippen LogP contribution in [-0.2, 0) is 9.63 Å². The van der Waals surface area contributed by atoms with Gasteiger partial charge in [-0.25, -0.2) is 4.79 Å². The van der Waals surface area contributed by atoms with Gasteiger partial charge in [-0.1, -0.05) is 17.3 Å². The Morgan fingerprint density at radius 3 is 2.55 bits per heavy atom. The van der Waals surface area contributed by atoms with Crippen molar-refractivity contribution in [2.45, 2.75) is 25.0 Å². The summed E-state index contributed by atoms with van der Waals surface area (Å²) < 4.78 is 0. The van der Waals surface area contributed by atoms with E-state index < -0.39 is 18.0 Å². The van der Waals surface area contributed by atoms with E-state index in [4.69, 9.17) is 20.8 Å². The summed E-state index contributed by atoms with van der Waals surface area (Å²) in [4.78, 5) is 26.6. The van der Waals surface area contributed by atoms with Crippen LogP contribution in [0.1, 0.15) is 28.8 Å². The van der Waals surface area contributed by atoms with Crippen LogP contribution in [-0.4, -0.2) is 40.0 Å². The van der Waals surface area contributed by atoms with E-state index >= 15 is 0 Å². The molecule has 0 bridgehead atoms. The highest BCUT2D eigenvalue weighted by Crippen LogP contribution is 2.20. The molecular weight excluding hydrogens is 264 g/mol. The van der Waals surface area contributed by atoms with Crippen molar-refractivity contribution in [3.8, 4) is 0 Å². The Bertz CT molecular complexity index is 552. The highest BCUT2D eigenvalue weighted by molar-refractivity contribution is 6.02. The number of carboxylic acids is 2. The third-order valence-corrected chi connectivity index (χ3v) is 3.03. The van der Waals surface area contributed by atoms with E-state index in [1.165, 1.54) is 12.1 Å². The predicted octanol–water partition coefficient (Wildman–Crippen LogP) is 0.680. The molecule has 0 aromatic heterocycles. The van der Waals surface area contributed by atoms with Crippen molar-refractivity contribution in [3.05, 3.63) is 35.4 Å². The fourth-order valence-corrected chi connectivity index (χ4v) is 1.91. The molecule has 0 unspecified atom stereocenters. The second-order valence-electron chi connectivity index (χ2n) is 4.53. The molecular formula is C13H14N2O5. The lowest BCUT2D eigenvalue weighted by atomic mass is 10.00. The fraction of sp³-hybridized carbons (Fsp3) is 0.308. The summed E-state index contributed by atoms with van der Waals surface area (Å²) in [5.41, 5.74) is 7.04. The lowest BCUT2D eigenvalue weighted by Gasteiger charge is -2.10. The first-order chi connectivity index (χ1) is 9.47. The second kappa shape index (κ2) is 5.70. The maximum Gasteiger partial charge on any atom is 0.335 e. The molecule has 0 aliphatic carbocycles. The third-order valence-electron chi connectivity index (χ3n) is 3.03. The largest absolute Gasteiger partial charge is 0.480 e. The normalized spacial score (nSPS) is 19.1. The number of oxime groups is 1. The van der Waals surface area contributed by atoms with Gasteiger partial charge >= 0.3 is 11.9 Å². The minimum atomic E-state index is -1.08. The number of nitrogens with two attached hydrogens (primary N) is 1. The van der Waals surface area contributed by atoms with E-state index in [-0.39, 0.29) is 18.1 Å². The molecule has 0 saturated carbocycles. The molecule has 0 fully saturated rings. The first kappa shape index (κ1) is 14.0. The van der Waals surface area contributed by atoms with Crippen molar-refractivity contribution < 1.29 is 24.6 Å². The van der Waals surface area contributed by atoms with E-state index in [1.54, 1.807) is 12.1 Å². The summed E-state index contributed by atoms with van der Waals surface area (Å²) in [6.07, 6.45) is 0.262. The number of nitrogens with zero attached hydrogens (tertiary/aromatic N) is 1. The molecule has 1 heterocycles. The van der Waals surface area contributed by atoms with Crippen LogP contribution in [0.3, 0.4) is 0 Å². The van der Waals surface area contributed by atoms with Crippen molar-refractivity contribution in [1.29, 1.82) is 0 Å². The molecule has 1 aromatic rings. The molecule has 1 aromatic carbocycles. The molecule has 1 aliphatic rings. The molecule has 106 valence electrons. The van der Waals surface area contributed by atoms with Gasteiger partial charge in [-0.05, 0) is 17.7 Å². The Labute approximate surface area is 114 Å². The lowest BCUT2D eigenvalue weighted by molar-refractivity contribution is -0.139. The number of aliphatic carboxylic acids is 1. The third kappa shape index (κ3) is 3.12. The van der Waals surface area contributed by atoms with Crippen molar-refractivity contribution in [3.63, 3.8) is 0 Å². The fourth-order valence-electron chi connectivity index (χ4n) is 1.91. The quantitative estimate of drug-likeness (QED) is 0.728. The smallest absolute Gasteiger partial charge is 0.335 e. The minimum Gasteiger partial charge on any atom is -0.480 e. The van der Waals surface area contributed by atoms with Crippen molar-refractivity contribution in [1.82, 2.24) is 0 Å². The Kier molecular flexibility index (Phi) is 3.99. The van der Waals surface area contributed by atoms with E-state index in [0.29, 0.717) is 12.1 Å². The van der Waals surface area contributed by atoms with Crippen LogP contribution in [0.15, 0.2) is 29.4 Å². The molecule has 2 atom stereocenters. The van der Waals surface area contributed by atoms with Crippen LogP contribution in [0.25, 0.3) is 0 Å². The summed E-state index contributed by atoms with van der Waals surface area (Å²) in [6.45, 7) is 0. The topological polar surface area (TPSA) is 122 Å². The number of hydrogen-bond acceptors (Lipinski definition) is 5. The molecule has 0 radical (unpaired) electrons.